The van der Waals surface area contributed by atoms with Gasteiger partial charge in [0.2, 0.25) is 0 Å². The van der Waals surface area contributed by atoms with Crippen LogP contribution in [0.5, 0.6) is 5.75 Å². The van der Waals surface area contributed by atoms with Crippen LogP contribution in [0.25, 0.3) is 0 Å². The van der Waals surface area contributed by atoms with E-state index in [0.29, 0.717) is 5.56 Å². The molecule has 0 aliphatic heterocycles. The van der Waals surface area contributed by atoms with E-state index in [1.165, 1.54) is 12.1 Å². The van der Waals surface area contributed by atoms with Crippen LogP contribution in [0.3, 0.4) is 0 Å². The molecule has 0 heterocycles. The minimum atomic E-state index is -0.767. The van der Waals surface area contributed by atoms with Crippen LogP contribution < -0.4 is 15.4 Å². The number of nitrogens with one attached hydrogen (secondary N) is 2. The molecule has 1 aromatic rings. The molecule has 1 aromatic carbocycles. The number of rotatable bonds is 8. The molecule has 9 heteroatoms. The molecule has 1 rings (SSSR count). The van der Waals surface area contributed by atoms with Gasteiger partial charge in [0.25, 0.3) is 5.91 Å². The first kappa shape index (κ1) is 27.9. The monoisotopic (exact) mass is 464 g/mol. The minimum Gasteiger partial charge on any atom is -0.461 e. The SMILES string of the molecule is CC(C)C(=O)OCc1ccc(OC(=O)C(C)(C)C)c(C(=O)NCCNC(=O)OC(C)(C)C)c1. The average molecular weight is 465 g/mol. The summed E-state index contributed by atoms with van der Waals surface area (Å²) in [4.78, 5) is 48.6. The summed E-state index contributed by atoms with van der Waals surface area (Å²) < 4.78 is 15.8. The molecule has 2 amide bonds. The Morgan fingerprint density at radius 2 is 1.55 bits per heavy atom. The van der Waals surface area contributed by atoms with Crippen LogP contribution in [-0.2, 0) is 25.7 Å². The van der Waals surface area contributed by atoms with Gasteiger partial charge in [-0.25, -0.2) is 4.79 Å². The third kappa shape index (κ3) is 10.4. The quantitative estimate of drug-likeness (QED) is 0.343. The molecule has 0 fully saturated rings. The summed E-state index contributed by atoms with van der Waals surface area (Å²) in [5, 5.41) is 5.22. The van der Waals surface area contributed by atoms with Crippen LogP contribution >= 0.6 is 0 Å². The zero-order valence-electron chi connectivity index (χ0n) is 20.8. The number of ether oxygens (including phenoxy) is 3. The van der Waals surface area contributed by atoms with Crippen molar-refractivity contribution in [3.8, 4) is 5.75 Å². The Morgan fingerprint density at radius 1 is 0.939 bits per heavy atom. The highest BCUT2D eigenvalue weighted by Crippen LogP contribution is 2.25. The molecule has 0 aromatic heterocycles. The molecule has 0 radical (unpaired) electrons. The zero-order chi connectivity index (χ0) is 25.4. The first-order valence-corrected chi connectivity index (χ1v) is 10.9. The van der Waals surface area contributed by atoms with Crippen LogP contribution in [0.4, 0.5) is 4.79 Å². The van der Waals surface area contributed by atoms with Gasteiger partial charge in [-0.1, -0.05) is 19.9 Å². The van der Waals surface area contributed by atoms with Crippen molar-refractivity contribution in [1.29, 1.82) is 0 Å². The van der Waals surface area contributed by atoms with Gasteiger partial charge in [0, 0.05) is 13.1 Å². The van der Waals surface area contributed by atoms with Crippen molar-refractivity contribution in [2.24, 2.45) is 11.3 Å². The molecule has 0 aliphatic carbocycles. The molecule has 0 bridgehead atoms. The van der Waals surface area contributed by atoms with Crippen molar-refractivity contribution < 1.29 is 33.4 Å². The number of hydrogen-bond donors (Lipinski definition) is 2. The van der Waals surface area contributed by atoms with Crippen molar-refractivity contribution in [3.63, 3.8) is 0 Å². The highest BCUT2D eigenvalue weighted by molar-refractivity contribution is 5.98. The first-order chi connectivity index (χ1) is 15.1. The van der Waals surface area contributed by atoms with Gasteiger partial charge in [0.15, 0.2) is 0 Å². The fourth-order valence-electron chi connectivity index (χ4n) is 2.26. The maximum Gasteiger partial charge on any atom is 0.407 e. The minimum absolute atomic E-state index is 0.0228. The van der Waals surface area contributed by atoms with E-state index in [9.17, 15) is 19.2 Å². The number of benzene rings is 1. The molecular formula is C24H36N2O7. The summed E-state index contributed by atoms with van der Waals surface area (Å²) in [7, 11) is 0. The van der Waals surface area contributed by atoms with E-state index in [0.717, 1.165) is 0 Å². The van der Waals surface area contributed by atoms with Gasteiger partial charge >= 0.3 is 18.0 Å². The standard InChI is InChI=1S/C24H36N2O7/c1-15(2)20(28)31-14-16-9-10-18(32-21(29)23(3,4)5)17(13-16)19(27)25-11-12-26-22(30)33-24(6,7)8/h9-10,13,15H,11-12,14H2,1-8H3,(H,25,27)(H,26,30). The largest absolute Gasteiger partial charge is 0.461 e. The van der Waals surface area contributed by atoms with E-state index in [2.05, 4.69) is 10.6 Å². The first-order valence-electron chi connectivity index (χ1n) is 10.9. The third-order valence-corrected chi connectivity index (χ3v) is 4.03. The number of amides is 2. The van der Waals surface area contributed by atoms with Crippen LogP contribution in [0, 0.1) is 11.3 Å². The summed E-state index contributed by atoms with van der Waals surface area (Å²) >= 11 is 0. The zero-order valence-corrected chi connectivity index (χ0v) is 20.8. The second kappa shape index (κ2) is 11.7. The average Bonchev–Trinajstić information content (AvgIpc) is 2.67. The van der Waals surface area contributed by atoms with Crippen LogP contribution in [0.15, 0.2) is 18.2 Å². The number of carbonyl (C=O) groups is 4. The molecule has 0 saturated heterocycles. The van der Waals surface area contributed by atoms with E-state index >= 15 is 0 Å². The summed E-state index contributed by atoms with van der Waals surface area (Å²) in [6, 6.07) is 4.63. The highest BCUT2D eigenvalue weighted by Gasteiger charge is 2.26. The summed E-state index contributed by atoms with van der Waals surface area (Å²) in [5.41, 5.74) is -0.714. The number of esters is 2. The Hall–Kier alpha value is -3.10. The lowest BCUT2D eigenvalue weighted by atomic mass is 9.97. The molecular weight excluding hydrogens is 428 g/mol. The van der Waals surface area contributed by atoms with Gasteiger partial charge in [-0.15, -0.1) is 0 Å². The molecule has 9 nitrogen and oxygen atoms in total. The number of hydrogen-bond acceptors (Lipinski definition) is 7. The van der Waals surface area contributed by atoms with Gasteiger partial charge in [-0.05, 0) is 59.2 Å². The van der Waals surface area contributed by atoms with Gasteiger partial charge < -0.3 is 24.8 Å². The molecule has 184 valence electrons. The normalized spacial score (nSPS) is 11.5. The Morgan fingerprint density at radius 3 is 2.09 bits per heavy atom. The van der Waals surface area contributed by atoms with Gasteiger partial charge in [-0.3, -0.25) is 14.4 Å². The fraction of sp³-hybridized carbons (Fsp3) is 0.583. The highest BCUT2D eigenvalue weighted by atomic mass is 16.6. The van der Waals surface area contributed by atoms with E-state index in [4.69, 9.17) is 14.2 Å². The topological polar surface area (TPSA) is 120 Å². The molecule has 33 heavy (non-hydrogen) atoms. The van der Waals surface area contributed by atoms with Crippen LogP contribution in [0.1, 0.15) is 71.3 Å². The maximum absolute atomic E-state index is 12.8. The second-order valence-electron chi connectivity index (χ2n) is 9.92. The Kier molecular flexibility index (Phi) is 9.88. The van der Waals surface area contributed by atoms with Crippen molar-refractivity contribution in [1.82, 2.24) is 10.6 Å². The predicted molar refractivity (Wildman–Crippen MR) is 123 cm³/mol. The smallest absolute Gasteiger partial charge is 0.407 e. The maximum atomic E-state index is 12.8. The fourth-order valence-corrected chi connectivity index (χ4v) is 2.26. The van der Waals surface area contributed by atoms with Crippen LogP contribution in [-0.4, -0.2) is 42.6 Å². The molecule has 0 atom stereocenters. The lowest BCUT2D eigenvalue weighted by molar-refractivity contribution is -0.148. The lowest BCUT2D eigenvalue weighted by Crippen LogP contribution is -2.38. The van der Waals surface area contributed by atoms with Gasteiger partial charge in [-0.2, -0.15) is 0 Å². The molecule has 0 saturated carbocycles. The number of carbonyl (C=O) groups excluding carboxylic acids is 4. The van der Waals surface area contributed by atoms with Crippen molar-refractivity contribution >= 4 is 23.9 Å². The van der Waals surface area contributed by atoms with Crippen LogP contribution in [0.2, 0.25) is 0 Å². The third-order valence-electron chi connectivity index (χ3n) is 4.03. The molecule has 0 aliphatic rings. The molecule has 0 spiro atoms. The van der Waals surface area contributed by atoms with E-state index in [1.54, 1.807) is 61.5 Å². The van der Waals surface area contributed by atoms with E-state index in [-0.39, 0.29) is 42.9 Å². The Balaban J connectivity index is 2.91. The summed E-state index contributed by atoms with van der Waals surface area (Å²) in [6.45, 7) is 14.1. The van der Waals surface area contributed by atoms with Crippen molar-refractivity contribution in [3.05, 3.63) is 29.3 Å². The van der Waals surface area contributed by atoms with Crippen molar-refractivity contribution in [2.45, 2.75) is 67.6 Å². The Labute approximate surface area is 195 Å². The predicted octanol–water partition coefficient (Wildman–Crippen LogP) is 3.59. The van der Waals surface area contributed by atoms with Gasteiger partial charge in [0.05, 0.1) is 16.9 Å². The molecule has 2 N–H and O–H groups in total. The summed E-state index contributed by atoms with van der Waals surface area (Å²) in [6.07, 6.45) is -0.592. The lowest BCUT2D eigenvalue weighted by Gasteiger charge is -2.20. The van der Waals surface area contributed by atoms with Crippen molar-refractivity contribution in [2.75, 3.05) is 13.1 Å². The number of alkyl carbamates (subject to hydrolysis) is 1. The molecule has 0 unspecified atom stereocenters. The second-order valence-corrected chi connectivity index (χ2v) is 9.92. The van der Waals surface area contributed by atoms with E-state index < -0.39 is 29.0 Å². The summed E-state index contributed by atoms with van der Waals surface area (Å²) in [5.74, 6) is -1.56. The van der Waals surface area contributed by atoms with Gasteiger partial charge in [0.1, 0.15) is 18.0 Å². The Bertz CT molecular complexity index is 865. The van der Waals surface area contributed by atoms with E-state index in [1.807, 2.05) is 0 Å².